The van der Waals surface area contributed by atoms with E-state index in [9.17, 15) is 14.7 Å². The van der Waals surface area contributed by atoms with Crippen molar-refractivity contribution in [2.45, 2.75) is 13.5 Å². The smallest absolute Gasteiger partial charge is 0.313 e. The molecule has 2 atom stereocenters. The quantitative estimate of drug-likeness (QED) is 0.888. The Kier molecular flexibility index (Phi) is 4.04. The molecule has 0 saturated carbocycles. The third kappa shape index (κ3) is 2.69. The molecule has 5 nitrogen and oxygen atoms in total. The minimum Gasteiger partial charge on any atom is -0.481 e. The van der Waals surface area contributed by atoms with Crippen LogP contribution in [0.4, 0.5) is 0 Å². The number of aliphatic carboxylic acids is 1. The monoisotopic (exact) mass is 350 g/mol. The maximum atomic E-state index is 12.0. The van der Waals surface area contributed by atoms with Gasteiger partial charge in [0.15, 0.2) is 0 Å². The molecule has 0 unspecified atom stereocenters. The van der Waals surface area contributed by atoms with E-state index >= 15 is 0 Å². The number of hydrogen-bond donors (Lipinski definition) is 2. The highest BCUT2D eigenvalue weighted by Gasteiger charge is 2.59. The lowest BCUT2D eigenvalue weighted by molar-refractivity contribution is -0.149. The number of carboxylic acids is 1. The molecule has 0 aliphatic carbocycles. The molecule has 0 aromatic heterocycles. The summed E-state index contributed by atoms with van der Waals surface area (Å²) < 4.78 is 0. The van der Waals surface area contributed by atoms with Crippen LogP contribution in [0.5, 0.6) is 0 Å². The van der Waals surface area contributed by atoms with E-state index in [1.54, 1.807) is 0 Å². The molecule has 4 rings (SSSR count). The Balaban J connectivity index is 1.50. The second-order valence-corrected chi connectivity index (χ2v) is 7.41. The molecule has 0 bridgehead atoms. The maximum Gasteiger partial charge on any atom is 0.313 e. The van der Waals surface area contributed by atoms with Crippen LogP contribution in [0.15, 0.2) is 48.5 Å². The van der Waals surface area contributed by atoms with Gasteiger partial charge >= 0.3 is 5.97 Å². The number of amides is 1. The van der Waals surface area contributed by atoms with E-state index in [1.165, 1.54) is 16.7 Å². The van der Waals surface area contributed by atoms with Crippen LogP contribution >= 0.6 is 0 Å². The fourth-order valence-electron chi connectivity index (χ4n) is 4.25. The summed E-state index contributed by atoms with van der Waals surface area (Å²) in [5.41, 5.74) is 3.78. The summed E-state index contributed by atoms with van der Waals surface area (Å²) in [6.45, 7) is 3.90. The molecule has 1 amide bonds. The maximum absolute atomic E-state index is 12.0. The van der Waals surface area contributed by atoms with E-state index in [4.69, 9.17) is 0 Å². The van der Waals surface area contributed by atoms with Gasteiger partial charge in [0.1, 0.15) is 5.41 Å². The number of carbonyl (C=O) groups excluding carboxylic acids is 1. The molecule has 2 fully saturated rings. The second kappa shape index (κ2) is 6.25. The number of carboxylic acid groups (broad SMARTS) is 1. The number of nitrogens with one attached hydrogen (secondary N) is 1. The molecule has 2 heterocycles. The summed E-state index contributed by atoms with van der Waals surface area (Å²) in [5.74, 6) is -1.46. The van der Waals surface area contributed by atoms with Crippen LogP contribution in [0.25, 0.3) is 11.1 Å². The number of fused-ring (bicyclic) bond motifs is 1. The van der Waals surface area contributed by atoms with Gasteiger partial charge in [0.05, 0.1) is 5.92 Å². The standard InChI is InChI=1S/C21H22N2O3/c1-14-4-2-3-5-17(14)16-8-6-15(7-9-16)10-23-11-18-19(24)22-12-21(18,13-23)20(25)26/h2-9,18H,10-13H2,1H3,(H,22,24)(H,25,26)/t18-,21+/m0/s1. The number of nitrogens with zero attached hydrogens (tertiary/aromatic N) is 1. The SMILES string of the molecule is Cc1ccccc1-c1ccc(CN2C[C@H]3C(=O)NC[C@@]3(C(=O)O)C2)cc1. The molecule has 2 aromatic rings. The molecular weight excluding hydrogens is 328 g/mol. The van der Waals surface area contributed by atoms with Gasteiger partial charge in [-0.15, -0.1) is 0 Å². The fourth-order valence-corrected chi connectivity index (χ4v) is 4.25. The average Bonchev–Trinajstić information content (AvgIpc) is 3.14. The van der Waals surface area contributed by atoms with E-state index in [-0.39, 0.29) is 12.5 Å². The molecule has 2 aliphatic rings. The molecule has 2 aliphatic heterocycles. The summed E-state index contributed by atoms with van der Waals surface area (Å²) in [6, 6.07) is 16.7. The number of likely N-dealkylation sites (tertiary alicyclic amines) is 1. The number of hydrogen-bond acceptors (Lipinski definition) is 3. The highest BCUT2D eigenvalue weighted by atomic mass is 16.4. The zero-order valence-corrected chi connectivity index (χ0v) is 14.7. The first kappa shape index (κ1) is 16.8. The van der Waals surface area contributed by atoms with Crippen LogP contribution in [0.1, 0.15) is 11.1 Å². The molecule has 0 radical (unpaired) electrons. The number of benzene rings is 2. The predicted molar refractivity (Wildman–Crippen MR) is 98.5 cm³/mol. The van der Waals surface area contributed by atoms with E-state index in [0.29, 0.717) is 19.6 Å². The summed E-state index contributed by atoms with van der Waals surface area (Å²) in [4.78, 5) is 25.8. The first-order valence-electron chi connectivity index (χ1n) is 8.88. The van der Waals surface area contributed by atoms with E-state index < -0.39 is 17.3 Å². The van der Waals surface area contributed by atoms with Crippen molar-refractivity contribution in [2.75, 3.05) is 19.6 Å². The van der Waals surface area contributed by atoms with Crippen LogP contribution in [0, 0.1) is 18.3 Å². The van der Waals surface area contributed by atoms with Crippen molar-refractivity contribution < 1.29 is 14.7 Å². The van der Waals surface area contributed by atoms with E-state index in [2.05, 4.69) is 53.5 Å². The van der Waals surface area contributed by atoms with Crippen LogP contribution in [-0.2, 0) is 16.1 Å². The lowest BCUT2D eigenvalue weighted by Gasteiger charge is -2.22. The zero-order valence-electron chi connectivity index (χ0n) is 14.7. The Hall–Kier alpha value is -2.66. The average molecular weight is 350 g/mol. The molecule has 2 aromatic carbocycles. The van der Waals surface area contributed by atoms with Crippen molar-refractivity contribution in [1.29, 1.82) is 0 Å². The van der Waals surface area contributed by atoms with E-state index in [0.717, 1.165) is 5.56 Å². The van der Waals surface area contributed by atoms with Crippen molar-refractivity contribution >= 4 is 11.9 Å². The minimum absolute atomic E-state index is 0.134. The summed E-state index contributed by atoms with van der Waals surface area (Å²) in [7, 11) is 0. The predicted octanol–water partition coefficient (Wildman–Crippen LogP) is 2.29. The van der Waals surface area contributed by atoms with Gasteiger partial charge in [-0.05, 0) is 29.2 Å². The Bertz CT molecular complexity index is 862. The fraction of sp³-hybridized carbons (Fsp3) is 0.333. The first-order chi connectivity index (χ1) is 12.5. The molecule has 26 heavy (non-hydrogen) atoms. The molecule has 5 heteroatoms. The van der Waals surface area contributed by atoms with Gasteiger partial charge in [0.2, 0.25) is 5.91 Å². The molecular formula is C21H22N2O3. The lowest BCUT2D eigenvalue weighted by atomic mass is 9.81. The van der Waals surface area contributed by atoms with Gasteiger partial charge in [-0.25, -0.2) is 0 Å². The van der Waals surface area contributed by atoms with Crippen molar-refractivity contribution in [3.8, 4) is 11.1 Å². The van der Waals surface area contributed by atoms with Gasteiger partial charge in [-0.1, -0.05) is 48.5 Å². The molecule has 0 spiro atoms. The second-order valence-electron chi connectivity index (χ2n) is 7.41. The number of carbonyl (C=O) groups is 2. The van der Waals surface area contributed by atoms with Crippen LogP contribution in [0.3, 0.4) is 0 Å². The number of aryl methyl sites for hydroxylation is 1. The van der Waals surface area contributed by atoms with Crippen LogP contribution in [0.2, 0.25) is 0 Å². The van der Waals surface area contributed by atoms with Crippen molar-refractivity contribution in [1.82, 2.24) is 10.2 Å². The van der Waals surface area contributed by atoms with Gasteiger partial charge in [-0.3, -0.25) is 14.5 Å². The van der Waals surface area contributed by atoms with Crippen LogP contribution in [-0.4, -0.2) is 41.5 Å². The number of rotatable bonds is 4. The first-order valence-corrected chi connectivity index (χ1v) is 8.88. The molecule has 134 valence electrons. The zero-order chi connectivity index (χ0) is 18.3. The summed E-state index contributed by atoms with van der Waals surface area (Å²) >= 11 is 0. The minimum atomic E-state index is -0.974. The van der Waals surface area contributed by atoms with Gasteiger partial charge < -0.3 is 10.4 Å². The highest BCUT2D eigenvalue weighted by molar-refractivity contribution is 5.92. The lowest BCUT2D eigenvalue weighted by Crippen LogP contribution is -2.40. The van der Waals surface area contributed by atoms with Crippen molar-refractivity contribution in [3.63, 3.8) is 0 Å². The van der Waals surface area contributed by atoms with Crippen LogP contribution < -0.4 is 5.32 Å². The third-order valence-electron chi connectivity index (χ3n) is 5.75. The summed E-state index contributed by atoms with van der Waals surface area (Å²) in [5, 5.41) is 12.4. The summed E-state index contributed by atoms with van der Waals surface area (Å²) in [6.07, 6.45) is 0. The van der Waals surface area contributed by atoms with Gasteiger partial charge in [0, 0.05) is 26.2 Å². The Morgan fingerprint density at radius 1 is 1.23 bits per heavy atom. The van der Waals surface area contributed by atoms with Crippen molar-refractivity contribution in [2.24, 2.45) is 11.3 Å². The van der Waals surface area contributed by atoms with Gasteiger partial charge in [0.25, 0.3) is 0 Å². The highest BCUT2D eigenvalue weighted by Crippen LogP contribution is 2.40. The molecule has 2 saturated heterocycles. The van der Waals surface area contributed by atoms with Crippen molar-refractivity contribution in [3.05, 3.63) is 59.7 Å². The van der Waals surface area contributed by atoms with Gasteiger partial charge in [-0.2, -0.15) is 0 Å². The Labute approximate surface area is 152 Å². The third-order valence-corrected chi connectivity index (χ3v) is 5.75. The topological polar surface area (TPSA) is 69.6 Å². The molecule has 2 N–H and O–H groups in total. The normalized spacial score (nSPS) is 25.1. The Morgan fingerprint density at radius 3 is 2.62 bits per heavy atom. The van der Waals surface area contributed by atoms with E-state index in [1.807, 2.05) is 12.1 Å². The largest absolute Gasteiger partial charge is 0.481 e. The Morgan fingerprint density at radius 2 is 1.96 bits per heavy atom.